The van der Waals surface area contributed by atoms with Crippen LogP contribution in [-0.4, -0.2) is 46.9 Å². The highest BCUT2D eigenvalue weighted by molar-refractivity contribution is 5.31. The number of anilines is 1. The Bertz CT molecular complexity index is 715. The molecule has 2 aliphatic rings. The van der Waals surface area contributed by atoms with Crippen LogP contribution in [0.4, 0.5) is 10.3 Å². The number of ether oxygens (including phenoxy) is 2. The first-order valence-electron chi connectivity index (χ1n) is 9.08. The lowest BCUT2D eigenvalue weighted by Gasteiger charge is -2.44. The quantitative estimate of drug-likeness (QED) is 0.819. The lowest BCUT2D eigenvalue weighted by Crippen LogP contribution is -2.55. The van der Waals surface area contributed by atoms with Crippen molar-refractivity contribution in [1.82, 2.24) is 15.0 Å². The molecule has 0 bridgehead atoms. The number of morpholine rings is 1. The molecule has 0 amide bonds. The molecule has 0 radical (unpaired) electrons. The van der Waals surface area contributed by atoms with Gasteiger partial charge in [0.1, 0.15) is 0 Å². The minimum atomic E-state index is -0.417. The smallest absolute Gasteiger partial charge is 0.225 e. The molecule has 2 aromatic rings. The van der Waals surface area contributed by atoms with Gasteiger partial charge in [-0.15, -0.1) is 0 Å². The third-order valence-corrected chi connectivity index (χ3v) is 5.33. The number of halogens is 1. The van der Waals surface area contributed by atoms with Crippen LogP contribution in [0.1, 0.15) is 24.8 Å². The van der Waals surface area contributed by atoms with Crippen molar-refractivity contribution in [3.8, 4) is 0 Å². The van der Waals surface area contributed by atoms with Crippen LogP contribution in [0, 0.1) is 11.7 Å². The first-order valence-corrected chi connectivity index (χ1v) is 9.08. The predicted molar refractivity (Wildman–Crippen MR) is 94.1 cm³/mol. The molecule has 7 heteroatoms. The standard InChI is InChI=1S/C19H23FN4O2/c20-17-10-22-18(23-11-17)24-8-9-26-19(14-24)5-1-2-16(19)13-25-12-15-3-6-21-7-4-15/h3-4,6-7,10-11,16H,1-2,5,8-9,12-14H2/t16-,19-/m1/s1. The average Bonchev–Trinajstić information content (AvgIpc) is 3.05. The normalized spacial score (nSPS) is 25.7. The Hall–Kier alpha value is -2.12. The Kier molecular flexibility index (Phi) is 5.08. The summed E-state index contributed by atoms with van der Waals surface area (Å²) >= 11 is 0. The van der Waals surface area contributed by atoms with Gasteiger partial charge in [0, 0.05) is 24.9 Å². The molecule has 0 aromatic carbocycles. The molecule has 6 nitrogen and oxygen atoms in total. The van der Waals surface area contributed by atoms with Crippen LogP contribution in [0.15, 0.2) is 36.9 Å². The number of hydrogen-bond donors (Lipinski definition) is 0. The second-order valence-corrected chi connectivity index (χ2v) is 7.00. The van der Waals surface area contributed by atoms with E-state index in [0.717, 1.165) is 37.9 Å². The van der Waals surface area contributed by atoms with Crippen LogP contribution in [0.3, 0.4) is 0 Å². The van der Waals surface area contributed by atoms with Crippen molar-refractivity contribution in [3.63, 3.8) is 0 Å². The summed E-state index contributed by atoms with van der Waals surface area (Å²) in [6.07, 6.45) is 9.22. The minimum absolute atomic E-state index is 0.228. The minimum Gasteiger partial charge on any atom is -0.376 e. The first-order chi connectivity index (χ1) is 12.8. The van der Waals surface area contributed by atoms with Crippen LogP contribution in [0.2, 0.25) is 0 Å². The summed E-state index contributed by atoms with van der Waals surface area (Å²) in [6.45, 7) is 3.32. The van der Waals surface area contributed by atoms with Crippen LogP contribution >= 0.6 is 0 Å². The summed E-state index contributed by atoms with van der Waals surface area (Å²) in [4.78, 5) is 14.4. The Morgan fingerprint density at radius 2 is 2.08 bits per heavy atom. The second kappa shape index (κ2) is 7.63. The van der Waals surface area contributed by atoms with Crippen molar-refractivity contribution >= 4 is 5.95 Å². The fourth-order valence-electron chi connectivity index (χ4n) is 3.99. The number of rotatable bonds is 5. The van der Waals surface area contributed by atoms with E-state index in [9.17, 15) is 4.39 Å². The number of nitrogens with zero attached hydrogens (tertiary/aromatic N) is 4. The molecule has 2 fully saturated rings. The highest BCUT2D eigenvalue weighted by Crippen LogP contribution is 2.41. The molecule has 26 heavy (non-hydrogen) atoms. The van der Waals surface area contributed by atoms with Crippen molar-refractivity contribution < 1.29 is 13.9 Å². The summed E-state index contributed by atoms with van der Waals surface area (Å²) in [5, 5.41) is 0. The maximum atomic E-state index is 13.1. The highest BCUT2D eigenvalue weighted by atomic mass is 19.1. The number of pyridine rings is 1. The first kappa shape index (κ1) is 17.3. The monoisotopic (exact) mass is 358 g/mol. The Morgan fingerprint density at radius 1 is 1.27 bits per heavy atom. The summed E-state index contributed by atoms with van der Waals surface area (Å²) < 4.78 is 25.3. The molecule has 1 aliphatic carbocycles. The Labute approximate surface area is 152 Å². The van der Waals surface area contributed by atoms with E-state index in [4.69, 9.17) is 9.47 Å². The molecule has 2 atom stereocenters. The van der Waals surface area contributed by atoms with Crippen molar-refractivity contribution in [2.24, 2.45) is 5.92 Å². The van der Waals surface area contributed by atoms with Crippen LogP contribution < -0.4 is 4.90 Å². The second-order valence-electron chi connectivity index (χ2n) is 7.00. The largest absolute Gasteiger partial charge is 0.376 e. The summed E-state index contributed by atoms with van der Waals surface area (Å²) in [5.74, 6) is 0.491. The van der Waals surface area contributed by atoms with Gasteiger partial charge in [-0.1, -0.05) is 6.42 Å². The van der Waals surface area contributed by atoms with E-state index >= 15 is 0 Å². The molecule has 0 unspecified atom stereocenters. The molecule has 1 spiro atoms. The zero-order valence-corrected chi connectivity index (χ0v) is 14.7. The molecule has 1 saturated carbocycles. The molecule has 138 valence electrons. The van der Waals surface area contributed by atoms with E-state index in [2.05, 4.69) is 19.9 Å². The van der Waals surface area contributed by atoms with E-state index in [-0.39, 0.29) is 5.60 Å². The van der Waals surface area contributed by atoms with E-state index in [0.29, 0.717) is 31.7 Å². The van der Waals surface area contributed by atoms with Crippen LogP contribution in [0.5, 0.6) is 0 Å². The van der Waals surface area contributed by atoms with Gasteiger partial charge in [-0.25, -0.2) is 14.4 Å². The van der Waals surface area contributed by atoms with Crippen molar-refractivity contribution in [2.45, 2.75) is 31.5 Å². The Morgan fingerprint density at radius 3 is 2.88 bits per heavy atom. The SMILES string of the molecule is Fc1cnc(N2CCO[C@]3(CCC[C@@H]3COCc3ccncc3)C2)nc1. The summed E-state index contributed by atoms with van der Waals surface area (Å²) in [7, 11) is 0. The fourth-order valence-corrected chi connectivity index (χ4v) is 3.99. The van der Waals surface area contributed by atoms with Gasteiger partial charge in [-0.3, -0.25) is 4.98 Å². The van der Waals surface area contributed by atoms with E-state index < -0.39 is 5.82 Å². The topological polar surface area (TPSA) is 60.4 Å². The van der Waals surface area contributed by atoms with Crippen molar-refractivity contribution in [1.29, 1.82) is 0 Å². The van der Waals surface area contributed by atoms with Gasteiger partial charge in [-0.2, -0.15) is 0 Å². The molecule has 0 N–H and O–H groups in total. The number of hydrogen-bond acceptors (Lipinski definition) is 6. The van der Waals surface area contributed by atoms with E-state index in [1.54, 1.807) is 12.4 Å². The van der Waals surface area contributed by atoms with Gasteiger partial charge in [0.05, 0.1) is 44.4 Å². The van der Waals surface area contributed by atoms with Crippen LogP contribution in [0.25, 0.3) is 0 Å². The highest BCUT2D eigenvalue weighted by Gasteiger charge is 2.47. The molecule has 1 saturated heterocycles. The zero-order chi connectivity index (χ0) is 17.8. The van der Waals surface area contributed by atoms with Gasteiger partial charge in [0.25, 0.3) is 0 Å². The maximum absolute atomic E-state index is 13.1. The van der Waals surface area contributed by atoms with Gasteiger partial charge in [-0.05, 0) is 30.5 Å². The van der Waals surface area contributed by atoms with Gasteiger partial charge < -0.3 is 14.4 Å². The molecular weight excluding hydrogens is 335 g/mol. The maximum Gasteiger partial charge on any atom is 0.225 e. The van der Waals surface area contributed by atoms with Gasteiger partial charge in [0.15, 0.2) is 5.82 Å². The summed E-state index contributed by atoms with van der Waals surface area (Å²) in [6, 6.07) is 3.93. The molecule has 1 aliphatic heterocycles. The molecular formula is C19H23FN4O2. The van der Waals surface area contributed by atoms with Gasteiger partial charge >= 0.3 is 0 Å². The Balaban J connectivity index is 1.39. The van der Waals surface area contributed by atoms with Crippen molar-refractivity contribution in [2.75, 3.05) is 31.2 Å². The van der Waals surface area contributed by atoms with E-state index in [1.807, 2.05) is 12.1 Å². The molecule has 3 heterocycles. The summed E-state index contributed by atoms with van der Waals surface area (Å²) in [5.41, 5.74) is 0.895. The predicted octanol–water partition coefficient (Wildman–Crippen LogP) is 2.60. The molecule has 2 aromatic heterocycles. The lowest BCUT2D eigenvalue weighted by molar-refractivity contribution is -0.101. The van der Waals surface area contributed by atoms with Gasteiger partial charge in [0.2, 0.25) is 5.95 Å². The average molecular weight is 358 g/mol. The third kappa shape index (κ3) is 3.68. The lowest BCUT2D eigenvalue weighted by atomic mass is 9.89. The van der Waals surface area contributed by atoms with Crippen molar-refractivity contribution in [3.05, 3.63) is 48.3 Å². The fraction of sp³-hybridized carbons (Fsp3) is 0.526. The zero-order valence-electron chi connectivity index (χ0n) is 14.7. The molecule has 4 rings (SSSR count). The third-order valence-electron chi connectivity index (χ3n) is 5.33. The number of aromatic nitrogens is 3. The van der Waals surface area contributed by atoms with Crippen LogP contribution in [-0.2, 0) is 16.1 Å². The van der Waals surface area contributed by atoms with E-state index in [1.165, 1.54) is 12.4 Å².